The van der Waals surface area contributed by atoms with Crippen molar-refractivity contribution < 1.29 is 23.9 Å². The maximum absolute atomic E-state index is 12.3. The van der Waals surface area contributed by atoms with E-state index in [2.05, 4.69) is 0 Å². The molecule has 3 rings (SSSR count). The first kappa shape index (κ1) is 17.9. The van der Waals surface area contributed by atoms with Crippen LogP contribution in [-0.2, 0) is 14.3 Å². The van der Waals surface area contributed by atoms with Crippen LogP contribution >= 0.6 is 0 Å². The molecule has 5 heteroatoms. The summed E-state index contributed by atoms with van der Waals surface area (Å²) >= 11 is 0. The molecule has 1 saturated carbocycles. The molecule has 134 valence electrons. The first-order valence-corrected chi connectivity index (χ1v) is 8.68. The molecule has 0 aliphatic heterocycles. The number of hydrogen-bond acceptors (Lipinski definition) is 5. The van der Waals surface area contributed by atoms with Crippen LogP contribution in [0.15, 0.2) is 54.6 Å². The Bertz CT molecular complexity index is 780. The van der Waals surface area contributed by atoms with Gasteiger partial charge < -0.3 is 9.47 Å². The molecule has 2 aromatic rings. The molecule has 0 radical (unpaired) electrons. The number of hydrogen-bond donors (Lipinski definition) is 0. The molecule has 0 saturated heterocycles. The van der Waals surface area contributed by atoms with Gasteiger partial charge in [-0.25, -0.2) is 4.79 Å². The number of ketones is 2. The van der Waals surface area contributed by atoms with Crippen LogP contribution in [-0.4, -0.2) is 30.2 Å². The summed E-state index contributed by atoms with van der Waals surface area (Å²) in [5.41, 5.74) is 1.15. The summed E-state index contributed by atoms with van der Waals surface area (Å²) in [5.74, 6) is -0.197. The van der Waals surface area contributed by atoms with Gasteiger partial charge in [0.05, 0.1) is 0 Å². The average Bonchev–Trinajstić information content (AvgIpc) is 2.69. The Morgan fingerprint density at radius 2 is 1.62 bits per heavy atom. The van der Waals surface area contributed by atoms with Crippen LogP contribution in [0.25, 0.3) is 0 Å². The summed E-state index contributed by atoms with van der Waals surface area (Å²) in [7, 11) is 0. The van der Waals surface area contributed by atoms with E-state index < -0.39 is 12.1 Å². The summed E-state index contributed by atoms with van der Waals surface area (Å²) in [5, 5.41) is 0. The monoisotopic (exact) mass is 352 g/mol. The number of rotatable bonds is 6. The van der Waals surface area contributed by atoms with Gasteiger partial charge in [0, 0.05) is 17.5 Å². The highest BCUT2D eigenvalue weighted by Gasteiger charge is 2.25. The lowest BCUT2D eigenvalue weighted by molar-refractivity contribution is -0.158. The van der Waals surface area contributed by atoms with Crippen molar-refractivity contribution in [1.82, 2.24) is 0 Å². The first-order chi connectivity index (χ1) is 12.6. The third kappa shape index (κ3) is 4.57. The van der Waals surface area contributed by atoms with E-state index in [-0.39, 0.29) is 18.2 Å². The molecule has 1 aliphatic rings. The van der Waals surface area contributed by atoms with Crippen molar-refractivity contribution >= 4 is 17.5 Å². The Hall–Kier alpha value is -2.95. The zero-order valence-corrected chi connectivity index (χ0v) is 14.4. The van der Waals surface area contributed by atoms with Gasteiger partial charge in [0.25, 0.3) is 0 Å². The zero-order valence-electron chi connectivity index (χ0n) is 14.4. The molecule has 0 spiro atoms. The number of benzene rings is 2. The largest absolute Gasteiger partial charge is 0.482 e. The lowest BCUT2D eigenvalue weighted by Crippen LogP contribution is -2.31. The highest BCUT2D eigenvalue weighted by Crippen LogP contribution is 2.18. The van der Waals surface area contributed by atoms with E-state index in [9.17, 15) is 14.4 Å². The minimum atomic E-state index is -0.634. The number of esters is 1. The van der Waals surface area contributed by atoms with Gasteiger partial charge >= 0.3 is 5.97 Å². The molecule has 0 unspecified atom stereocenters. The quantitative estimate of drug-likeness (QED) is 0.589. The Morgan fingerprint density at radius 3 is 2.31 bits per heavy atom. The van der Waals surface area contributed by atoms with Crippen molar-refractivity contribution in [2.75, 3.05) is 6.61 Å². The second-order valence-corrected chi connectivity index (χ2v) is 6.20. The second-order valence-electron chi connectivity index (χ2n) is 6.20. The predicted molar refractivity (Wildman–Crippen MR) is 95.2 cm³/mol. The van der Waals surface area contributed by atoms with E-state index in [1.165, 1.54) is 0 Å². The maximum atomic E-state index is 12.3. The van der Waals surface area contributed by atoms with Crippen LogP contribution in [0.4, 0.5) is 0 Å². The second kappa shape index (κ2) is 8.43. The zero-order chi connectivity index (χ0) is 18.4. The molecule has 0 heterocycles. The number of carbonyl (C=O) groups excluding carboxylic acids is 3. The molecule has 1 aliphatic carbocycles. The average molecular weight is 352 g/mol. The number of Topliss-reactive ketones (excluding diaryl/α,β-unsaturated/α-hetero) is 1. The molecular weight excluding hydrogens is 332 g/mol. The minimum absolute atomic E-state index is 0.0200. The number of carbonyl (C=O) groups is 3. The van der Waals surface area contributed by atoms with E-state index in [1.54, 1.807) is 36.4 Å². The minimum Gasteiger partial charge on any atom is -0.482 e. The Labute approximate surface area is 151 Å². The summed E-state index contributed by atoms with van der Waals surface area (Å²) in [6.07, 6.45) is 2.17. The van der Waals surface area contributed by atoms with Crippen LogP contribution in [0, 0.1) is 0 Å². The van der Waals surface area contributed by atoms with Crippen molar-refractivity contribution in [3.05, 3.63) is 65.7 Å². The van der Waals surface area contributed by atoms with Gasteiger partial charge in [0.2, 0.25) is 0 Å². The van der Waals surface area contributed by atoms with Crippen LogP contribution in [0.5, 0.6) is 5.75 Å². The third-order valence-electron chi connectivity index (χ3n) is 4.28. The molecule has 2 aromatic carbocycles. The molecule has 0 amide bonds. The summed E-state index contributed by atoms with van der Waals surface area (Å²) in [4.78, 5) is 35.8. The highest BCUT2D eigenvalue weighted by molar-refractivity contribution is 6.08. The molecule has 0 aromatic heterocycles. The maximum Gasteiger partial charge on any atom is 0.344 e. The van der Waals surface area contributed by atoms with Gasteiger partial charge in [0.1, 0.15) is 5.75 Å². The molecule has 0 N–H and O–H groups in total. The Morgan fingerprint density at radius 1 is 0.923 bits per heavy atom. The van der Waals surface area contributed by atoms with Crippen molar-refractivity contribution in [1.29, 1.82) is 0 Å². The van der Waals surface area contributed by atoms with E-state index in [0.29, 0.717) is 29.7 Å². The lowest BCUT2D eigenvalue weighted by Gasteiger charge is -2.20. The molecule has 26 heavy (non-hydrogen) atoms. The summed E-state index contributed by atoms with van der Waals surface area (Å²) < 4.78 is 10.6. The third-order valence-corrected chi connectivity index (χ3v) is 4.28. The van der Waals surface area contributed by atoms with Crippen molar-refractivity contribution in [2.45, 2.75) is 31.8 Å². The van der Waals surface area contributed by atoms with Crippen LogP contribution < -0.4 is 4.74 Å². The standard InChI is InChI=1S/C21H20O5/c22-18-8-4-5-9-19(18)26-20(23)14-25-17-12-10-16(11-13-17)21(24)15-6-2-1-3-7-15/h1-3,6-7,10-13,19H,4-5,8-9,14H2/t19-/m0/s1. The Kier molecular flexibility index (Phi) is 5.79. The van der Waals surface area contributed by atoms with Gasteiger partial charge in [-0.1, -0.05) is 30.3 Å². The van der Waals surface area contributed by atoms with Gasteiger partial charge in [-0.3, -0.25) is 9.59 Å². The van der Waals surface area contributed by atoms with E-state index in [1.807, 2.05) is 18.2 Å². The first-order valence-electron chi connectivity index (χ1n) is 8.68. The SMILES string of the molecule is O=C(COc1ccc(C(=O)c2ccccc2)cc1)O[C@H]1CCCCC1=O. The van der Waals surface area contributed by atoms with Gasteiger partial charge in [0.15, 0.2) is 24.3 Å². The smallest absolute Gasteiger partial charge is 0.344 e. The fourth-order valence-corrected chi connectivity index (χ4v) is 2.87. The lowest BCUT2D eigenvalue weighted by atomic mass is 9.96. The normalized spacial score (nSPS) is 16.8. The summed E-state index contributed by atoms with van der Waals surface area (Å²) in [6, 6.07) is 15.6. The van der Waals surface area contributed by atoms with E-state index in [4.69, 9.17) is 9.47 Å². The fraction of sp³-hybridized carbons (Fsp3) is 0.286. The molecule has 1 fully saturated rings. The predicted octanol–water partition coefficient (Wildman–Crippen LogP) is 3.35. The Balaban J connectivity index is 1.52. The fourth-order valence-electron chi connectivity index (χ4n) is 2.87. The molecular formula is C21H20O5. The molecule has 1 atom stereocenters. The highest BCUT2D eigenvalue weighted by atomic mass is 16.6. The van der Waals surface area contributed by atoms with Crippen molar-refractivity contribution in [2.24, 2.45) is 0 Å². The van der Waals surface area contributed by atoms with Gasteiger partial charge in [-0.05, 0) is 43.5 Å². The van der Waals surface area contributed by atoms with Crippen molar-refractivity contribution in [3.63, 3.8) is 0 Å². The van der Waals surface area contributed by atoms with Gasteiger partial charge in [-0.15, -0.1) is 0 Å². The van der Waals surface area contributed by atoms with Crippen LogP contribution in [0.2, 0.25) is 0 Å². The van der Waals surface area contributed by atoms with Crippen LogP contribution in [0.1, 0.15) is 41.6 Å². The van der Waals surface area contributed by atoms with E-state index in [0.717, 1.165) is 12.8 Å². The van der Waals surface area contributed by atoms with Crippen molar-refractivity contribution in [3.8, 4) is 5.75 Å². The topological polar surface area (TPSA) is 69.7 Å². The molecule has 0 bridgehead atoms. The van der Waals surface area contributed by atoms with E-state index >= 15 is 0 Å². The molecule has 5 nitrogen and oxygen atoms in total. The van der Waals surface area contributed by atoms with Gasteiger partial charge in [-0.2, -0.15) is 0 Å². The van der Waals surface area contributed by atoms with Crippen LogP contribution in [0.3, 0.4) is 0 Å². The summed E-state index contributed by atoms with van der Waals surface area (Å²) in [6.45, 7) is -0.268. The number of ether oxygens (including phenoxy) is 2.